The van der Waals surface area contributed by atoms with Crippen molar-refractivity contribution >= 4 is 29.6 Å². The Morgan fingerprint density at radius 3 is 2.57 bits per heavy atom. The van der Waals surface area contributed by atoms with Crippen LogP contribution < -0.4 is 21.3 Å². The Labute approximate surface area is 212 Å². The van der Waals surface area contributed by atoms with Crippen LogP contribution in [0.4, 0.5) is 0 Å². The molecule has 0 aromatic heterocycles. The molecule has 4 aliphatic heterocycles. The molecule has 4 heterocycles. The van der Waals surface area contributed by atoms with E-state index in [0.29, 0.717) is 5.56 Å². The van der Waals surface area contributed by atoms with Crippen molar-refractivity contribution in [2.24, 2.45) is 0 Å². The highest BCUT2D eigenvalue weighted by molar-refractivity contribution is 6.02. The fraction of sp³-hybridized carbons (Fsp3) is 0.542. The standard InChI is InChI=1S/C24H30N8O5/c25-21-29-19-15(10-31-17(33)8-9-18(31)34)27-22(26)32-11-16(24(36,37)23(19,32)30-21)28-20(35)14-7-3-5-12-4-1-2-6-13(12)14/h3,5,7,15-16,19,36-37H,1-2,4,6,8-11H2,(H2,26,27)(H,28,35)(H3,25,29,30). The van der Waals surface area contributed by atoms with E-state index in [-0.39, 0.29) is 49.7 Å². The lowest BCUT2D eigenvalue weighted by atomic mass is 9.84. The number of aliphatic hydroxyl groups is 2. The maximum absolute atomic E-state index is 13.4. The summed E-state index contributed by atoms with van der Waals surface area (Å²) >= 11 is 0. The Balaban J connectivity index is 1.31. The molecule has 37 heavy (non-hydrogen) atoms. The SMILES string of the molecule is N=C1NC2C(CN3C(=O)CCC3=O)NC(=N)N3CC(NC(=O)c4cccc5c4CCCC5)C(O)(O)C23N1. The average Bonchev–Trinajstić information content (AvgIpc) is 3.46. The summed E-state index contributed by atoms with van der Waals surface area (Å²) < 4.78 is 0. The van der Waals surface area contributed by atoms with Gasteiger partial charge in [-0.1, -0.05) is 12.1 Å². The van der Waals surface area contributed by atoms with Crippen molar-refractivity contribution in [2.75, 3.05) is 13.1 Å². The molecule has 4 atom stereocenters. The number of aryl methyl sites for hydroxylation is 1. The first-order valence-electron chi connectivity index (χ1n) is 12.6. The quantitative estimate of drug-likeness (QED) is 0.166. The van der Waals surface area contributed by atoms with Gasteiger partial charge in [0.05, 0.1) is 18.6 Å². The molecule has 1 aliphatic carbocycles. The van der Waals surface area contributed by atoms with Crippen LogP contribution in [-0.2, 0) is 22.4 Å². The maximum Gasteiger partial charge on any atom is 0.252 e. The van der Waals surface area contributed by atoms with E-state index in [1.807, 2.05) is 12.1 Å². The zero-order valence-corrected chi connectivity index (χ0v) is 20.1. The number of carbonyl (C=O) groups is 3. The highest BCUT2D eigenvalue weighted by Crippen LogP contribution is 2.43. The van der Waals surface area contributed by atoms with Gasteiger partial charge in [0, 0.05) is 24.9 Å². The number of rotatable bonds is 4. The second-order valence-electron chi connectivity index (χ2n) is 10.4. The largest absolute Gasteiger partial charge is 0.361 e. The van der Waals surface area contributed by atoms with Gasteiger partial charge in [-0.15, -0.1) is 0 Å². The zero-order chi connectivity index (χ0) is 26.1. The first-order valence-corrected chi connectivity index (χ1v) is 12.6. The van der Waals surface area contributed by atoms with E-state index in [1.54, 1.807) is 6.07 Å². The summed E-state index contributed by atoms with van der Waals surface area (Å²) in [6.07, 6.45) is 3.92. The van der Waals surface area contributed by atoms with Crippen molar-refractivity contribution in [2.45, 2.75) is 68.1 Å². The van der Waals surface area contributed by atoms with Crippen LogP contribution in [0.2, 0.25) is 0 Å². The molecule has 1 spiro atoms. The Kier molecular flexibility index (Phi) is 5.21. The number of benzene rings is 1. The molecule has 4 unspecified atom stereocenters. The third-order valence-corrected chi connectivity index (χ3v) is 8.38. The molecule has 8 N–H and O–H groups in total. The molecular formula is C24H30N8O5. The number of fused-ring (bicyclic) bond motifs is 1. The minimum atomic E-state index is -2.62. The van der Waals surface area contributed by atoms with Crippen LogP contribution in [0.3, 0.4) is 0 Å². The second kappa shape index (κ2) is 8.15. The summed E-state index contributed by atoms with van der Waals surface area (Å²) in [5.41, 5.74) is 0.790. The summed E-state index contributed by atoms with van der Waals surface area (Å²) in [4.78, 5) is 40.4. The fourth-order valence-electron chi connectivity index (χ4n) is 6.59. The van der Waals surface area contributed by atoms with E-state index in [0.717, 1.165) is 41.7 Å². The van der Waals surface area contributed by atoms with E-state index >= 15 is 0 Å². The van der Waals surface area contributed by atoms with Crippen LogP contribution in [0.15, 0.2) is 18.2 Å². The van der Waals surface area contributed by atoms with Gasteiger partial charge in [-0.3, -0.25) is 30.1 Å². The van der Waals surface area contributed by atoms with E-state index in [4.69, 9.17) is 10.8 Å². The molecule has 13 heteroatoms. The van der Waals surface area contributed by atoms with Crippen molar-refractivity contribution in [3.63, 3.8) is 0 Å². The minimum Gasteiger partial charge on any atom is -0.361 e. The summed E-state index contributed by atoms with van der Waals surface area (Å²) in [7, 11) is 0. The van der Waals surface area contributed by atoms with Gasteiger partial charge in [0.25, 0.3) is 5.91 Å². The minimum absolute atomic E-state index is 0.105. The molecule has 13 nitrogen and oxygen atoms in total. The Bertz CT molecular complexity index is 1220. The van der Waals surface area contributed by atoms with Crippen LogP contribution in [0.25, 0.3) is 0 Å². The highest BCUT2D eigenvalue weighted by atomic mass is 16.5. The molecule has 5 aliphatic rings. The number of hydrogen-bond donors (Lipinski definition) is 8. The van der Waals surface area contributed by atoms with Crippen LogP contribution in [0.1, 0.15) is 47.2 Å². The van der Waals surface area contributed by atoms with Crippen LogP contribution in [0, 0.1) is 10.8 Å². The Morgan fingerprint density at radius 2 is 1.81 bits per heavy atom. The summed E-state index contributed by atoms with van der Waals surface area (Å²) in [6, 6.07) is 2.64. The molecule has 0 saturated carbocycles. The molecular weight excluding hydrogens is 480 g/mol. The third-order valence-electron chi connectivity index (χ3n) is 8.38. The zero-order valence-electron chi connectivity index (χ0n) is 20.1. The van der Waals surface area contributed by atoms with Crippen molar-refractivity contribution in [3.05, 3.63) is 34.9 Å². The fourth-order valence-corrected chi connectivity index (χ4v) is 6.59. The number of guanidine groups is 2. The summed E-state index contributed by atoms with van der Waals surface area (Å²) in [5.74, 6) is -4.10. The van der Waals surface area contributed by atoms with Crippen LogP contribution >= 0.6 is 0 Å². The number of hydrogen-bond acceptors (Lipinski definition) is 7. The van der Waals surface area contributed by atoms with E-state index in [1.165, 1.54) is 4.90 Å². The number of likely N-dealkylation sites (tertiary alicyclic amines) is 1. The van der Waals surface area contributed by atoms with Gasteiger partial charge in [0.15, 0.2) is 17.6 Å². The van der Waals surface area contributed by atoms with Gasteiger partial charge in [0.1, 0.15) is 6.04 Å². The van der Waals surface area contributed by atoms with Gasteiger partial charge < -0.3 is 36.4 Å². The lowest BCUT2D eigenvalue weighted by Gasteiger charge is -2.51. The molecule has 4 fully saturated rings. The number of imide groups is 1. The first-order chi connectivity index (χ1) is 17.6. The van der Waals surface area contributed by atoms with Crippen LogP contribution in [0.5, 0.6) is 0 Å². The number of nitrogens with zero attached hydrogens (tertiary/aromatic N) is 2. The van der Waals surface area contributed by atoms with Crippen molar-refractivity contribution in [1.29, 1.82) is 10.8 Å². The van der Waals surface area contributed by atoms with Gasteiger partial charge in [0.2, 0.25) is 17.6 Å². The molecule has 6 rings (SSSR count). The second-order valence-corrected chi connectivity index (χ2v) is 10.4. The molecule has 4 saturated heterocycles. The van der Waals surface area contributed by atoms with Crippen molar-refractivity contribution < 1.29 is 24.6 Å². The van der Waals surface area contributed by atoms with Gasteiger partial charge in [-0.05, 0) is 42.9 Å². The van der Waals surface area contributed by atoms with E-state index in [9.17, 15) is 24.6 Å². The predicted molar refractivity (Wildman–Crippen MR) is 129 cm³/mol. The summed E-state index contributed by atoms with van der Waals surface area (Å²) in [5, 5.41) is 51.4. The third kappa shape index (κ3) is 3.33. The average molecular weight is 511 g/mol. The molecule has 0 radical (unpaired) electrons. The Morgan fingerprint density at radius 1 is 1.08 bits per heavy atom. The van der Waals surface area contributed by atoms with Crippen molar-refractivity contribution in [1.82, 2.24) is 31.1 Å². The normalized spacial score (nSPS) is 31.8. The number of carbonyl (C=O) groups excluding carboxylic acids is 3. The van der Waals surface area contributed by atoms with Gasteiger partial charge in [-0.25, -0.2) is 0 Å². The number of nitrogens with one attached hydrogen (secondary N) is 6. The lowest BCUT2D eigenvalue weighted by Crippen LogP contribution is -2.81. The topological polar surface area (TPSA) is 194 Å². The molecule has 3 amide bonds. The maximum atomic E-state index is 13.4. The smallest absolute Gasteiger partial charge is 0.252 e. The van der Waals surface area contributed by atoms with E-state index in [2.05, 4.69) is 21.3 Å². The number of amides is 3. The van der Waals surface area contributed by atoms with Gasteiger partial charge >= 0.3 is 0 Å². The lowest BCUT2D eigenvalue weighted by molar-refractivity contribution is -0.232. The summed E-state index contributed by atoms with van der Waals surface area (Å²) in [6.45, 7) is -0.224. The predicted octanol–water partition coefficient (Wildman–Crippen LogP) is -2.09. The molecule has 1 aromatic rings. The highest BCUT2D eigenvalue weighted by Gasteiger charge is 2.74. The molecule has 196 valence electrons. The van der Waals surface area contributed by atoms with Crippen molar-refractivity contribution in [3.8, 4) is 0 Å². The molecule has 1 aromatic carbocycles. The monoisotopic (exact) mass is 510 g/mol. The Hall–Kier alpha value is -3.71. The first kappa shape index (κ1) is 23.7. The van der Waals surface area contributed by atoms with E-state index < -0.39 is 35.5 Å². The molecule has 0 bridgehead atoms. The van der Waals surface area contributed by atoms with Crippen LogP contribution in [-0.4, -0.2) is 92.3 Å². The van der Waals surface area contributed by atoms with Gasteiger partial charge in [-0.2, -0.15) is 0 Å².